The second kappa shape index (κ2) is 9.82. The Bertz CT molecular complexity index is 1170. The third kappa shape index (κ3) is 6.20. The van der Waals surface area contributed by atoms with Crippen LogP contribution >= 0.6 is 15.9 Å². The van der Waals surface area contributed by atoms with Gasteiger partial charge in [-0.1, -0.05) is 46.3 Å². The number of carbonyl (C=O) groups is 1. The minimum Gasteiger partial charge on any atom is -0.326 e. The minimum atomic E-state index is -3.88. The summed E-state index contributed by atoms with van der Waals surface area (Å²) in [5.74, 6) is -0.443. The molecule has 0 aromatic heterocycles. The Hall–Kier alpha value is -3.08. The van der Waals surface area contributed by atoms with Gasteiger partial charge in [-0.05, 0) is 42.0 Å². The Morgan fingerprint density at radius 3 is 2.16 bits per heavy atom. The lowest BCUT2D eigenvalue weighted by atomic mass is 10.0. The van der Waals surface area contributed by atoms with Crippen LogP contribution in [0.25, 0.3) is 0 Å². The van der Waals surface area contributed by atoms with Gasteiger partial charge in [-0.3, -0.25) is 14.9 Å². The number of amides is 1. The van der Waals surface area contributed by atoms with E-state index in [2.05, 4.69) is 26.0 Å². The van der Waals surface area contributed by atoms with Gasteiger partial charge in [0.25, 0.3) is 5.69 Å². The van der Waals surface area contributed by atoms with Crippen molar-refractivity contribution in [2.24, 2.45) is 0 Å². The van der Waals surface area contributed by atoms with E-state index in [4.69, 9.17) is 0 Å². The molecule has 3 aromatic carbocycles. The summed E-state index contributed by atoms with van der Waals surface area (Å²) in [4.78, 5) is 22.9. The fourth-order valence-electron chi connectivity index (χ4n) is 2.85. The van der Waals surface area contributed by atoms with Gasteiger partial charge >= 0.3 is 0 Å². The molecule has 1 atom stereocenters. The Labute approximate surface area is 187 Å². The lowest BCUT2D eigenvalue weighted by Crippen LogP contribution is -2.31. The summed E-state index contributed by atoms with van der Waals surface area (Å²) >= 11 is 3.27. The second-order valence-corrected chi connectivity index (χ2v) is 9.22. The number of nitro benzene ring substituents is 1. The molecule has 0 heterocycles. The quantitative estimate of drug-likeness (QED) is 0.348. The van der Waals surface area contributed by atoms with Crippen molar-refractivity contribution >= 4 is 43.2 Å². The van der Waals surface area contributed by atoms with Crippen molar-refractivity contribution in [3.05, 3.63) is 99.0 Å². The van der Waals surface area contributed by atoms with Gasteiger partial charge < -0.3 is 5.32 Å². The third-order valence-corrected chi connectivity index (χ3v) is 6.39. The molecule has 160 valence electrons. The zero-order valence-corrected chi connectivity index (χ0v) is 18.5. The Balaban J connectivity index is 1.78. The summed E-state index contributed by atoms with van der Waals surface area (Å²) in [5, 5.41) is 13.4. The predicted octanol–water partition coefficient (Wildman–Crippen LogP) is 4.41. The summed E-state index contributed by atoms with van der Waals surface area (Å²) in [6.07, 6.45) is -0.170. The van der Waals surface area contributed by atoms with Crippen molar-refractivity contribution in [2.75, 3.05) is 5.32 Å². The van der Waals surface area contributed by atoms with E-state index in [1.54, 1.807) is 42.5 Å². The number of rotatable bonds is 8. The molecule has 0 aliphatic carbocycles. The van der Waals surface area contributed by atoms with Crippen molar-refractivity contribution in [2.45, 2.75) is 17.4 Å². The van der Waals surface area contributed by atoms with E-state index in [0.717, 1.165) is 4.47 Å². The summed E-state index contributed by atoms with van der Waals surface area (Å²) in [6.45, 7) is 0. The summed E-state index contributed by atoms with van der Waals surface area (Å²) < 4.78 is 29.0. The maximum atomic E-state index is 12.8. The molecule has 0 saturated heterocycles. The highest BCUT2D eigenvalue weighted by molar-refractivity contribution is 9.10. The van der Waals surface area contributed by atoms with Crippen molar-refractivity contribution in [3.63, 3.8) is 0 Å². The predicted molar refractivity (Wildman–Crippen MR) is 120 cm³/mol. The highest BCUT2D eigenvalue weighted by Crippen LogP contribution is 2.23. The Morgan fingerprint density at radius 2 is 1.58 bits per heavy atom. The number of carbonyl (C=O) groups excluding carboxylic acids is 1. The van der Waals surface area contributed by atoms with Gasteiger partial charge in [-0.2, -0.15) is 0 Å². The summed E-state index contributed by atoms with van der Waals surface area (Å²) in [5.41, 5.74) is 0.905. The molecular formula is C21H18BrN3O5S. The van der Waals surface area contributed by atoms with Crippen LogP contribution in [0.3, 0.4) is 0 Å². The number of anilines is 1. The lowest BCUT2D eigenvalue weighted by Gasteiger charge is -2.19. The number of benzene rings is 3. The third-order valence-electron chi connectivity index (χ3n) is 4.37. The maximum Gasteiger partial charge on any atom is 0.269 e. The number of non-ortho nitro benzene ring substituents is 1. The summed E-state index contributed by atoms with van der Waals surface area (Å²) in [7, 11) is -3.88. The topological polar surface area (TPSA) is 118 Å². The Morgan fingerprint density at radius 1 is 0.968 bits per heavy atom. The number of hydrogen-bond donors (Lipinski definition) is 2. The van der Waals surface area contributed by atoms with E-state index in [0.29, 0.717) is 11.3 Å². The molecule has 1 amide bonds. The van der Waals surface area contributed by atoms with Gasteiger partial charge in [0, 0.05) is 28.7 Å². The number of hydrogen-bond acceptors (Lipinski definition) is 5. The van der Waals surface area contributed by atoms with E-state index >= 15 is 0 Å². The van der Waals surface area contributed by atoms with Crippen LogP contribution in [0.15, 0.2) is 88.2 Å². The highest BCUT2D eigenvalue weighted by atomic mass is 79.9. The van der Waals surface area contributed by atoms with Gasteiger partial charge in [0.2, 0.25) is 15.9 Å². The monoisotopic (exact) mass is 503 g/mol. The average molecular weight is 504 g/mol. The molecule has 3 rings (SSSR count). The van der Waals surface area contributed by atoms with E-state index in [-0.39, 0.29) is 17.0 Å². The maximum absolute atomic E-state index is 12.8. The standard InChI is InChI=1S/C21H18BrN3O5S/c22-16-6-12-19(13-7-16)31(29,30)24-20(15-4-2-1-3-5-15)14-21(26)23-17-8-10-18(11-9-17)25(27)28/h1-13,20,24H,14H2,(H,23,26). The van der Waals surface area contributed by atoms with Gasteiger partial charge in [-0.15, -0.1) is 0 Å². The first-order valence-corrected chi connectivity index (χ1v) is 11.4. The molecule has 0 saturated carbocycles. The molecule has 0 radical (unpaired) electrons. The SMILES string of the molecule is O=C(CC(NS(=O)(=O)c1ccc(Br)cc1)c1ccccc1)Nc1ccc([N+](=O)[O-])cc1. The molecule has 0 fully saturated rings. The van der Waals surface area contributed by atoms with Crippen LogP contribution in [-0.2, 0) is 14.8 Å². The number of nitrogens with zero attached hydrogens (tertiary/aromatic N) is 1. The fourth-order valence-corrected chi connectivity index (χ4v) is 4.33. The van der Waals surface area contributed by atoms with Crippen LogP contribution in [0.2, 0.25) is 0 Å². The first kappa shape index (κ1) is 22.6. The fraction of sp³-hybridized carbons (Fsp3) is 0.0952. The van der Waals surface area contributed by atoms with Gasteiger partial charge in [0.15, 0.2) is 0 Å². The average Bonchev–Trinajstić information content (AvgIpc) is 2.74. The largest absolute Gasteiger partial charge is 0.326 e. The zero-order chi connectivity index (χ0) is 22.4. The Kier molecular flexibility index (Phi) is 7.16. The molecule has 3 aromatic rings. The molecule has 31 heavy (non-hydrogen) atoms. The van der Waals surface area contributed by atoms with Crippen molar-refractivity contribution in [1.82, 2.24) is 4.72 Å². The van der Waals surface area contributed by atoms with Crippen LogP contribution in [0.1, 0.15) is 18.0 Å². The first-order valence-electron chi connectivity index (χ1n) is 9.12. The molecule has 0 aliphatic heterocycles. The van der Waals surface area contributed by atoms with Crippen LogP contribution in [-0.4, -0.2) is 19.2 Å². The minimum absolute atomic E-state index is 0.0763. The molecule has 2 N–H and O–H groups in total. The zero-order valence-electron chi connectivity index (χ0n) is 16.1. The number of nitrogens with one attached hydrogen (secondary N) is 2. The normalized spacial score (nSPS) is 12.2. The van der Waals surface area contributed by atoms with Gasteiger partial charge in [0.1, 0.15) is 0 Å². The molecular weight excluding hydrogens is 486 g/mol. The van der Waals surface area contributed by atoms with Crippen LogP contribution in [0.5, 0.6) is 0 Å². The number of sulfonamides is 1. The van der Waals surface area contributed by atoms with E-state index < -0.39 is 26.9 Å². The molecule has 0 aliphatic rings. The second-order valence-electron chi connectivity index (χ2n) is 6.59. The van der Waals surface area contributed by atoms with Gasteiger partial charge in [-0.25, -0.2) is 13.1 Å². The first-order chi connectivity index (χ1) is 14.7. The van der Waals surface area contributed by atoms with E-state index in [9.17, 15) is 23.3 Å². The van der Waals surface area contributed by atoms with Crippen LogP contribution < -0.4 is 10.0 Å². The molecule has 0 spiro atoms. The van der Waals surface area contributed by atoms with E-state index in [1.807, 2.05) is 0 Å². The molecule has 1 unspecified atom stereocenters. The molecule has 10 heteroatoms. The van der Waals surface area contributed by atoms with Crippen molar-refractivity contribution in [3.8, 4) is 0 Å². The lowest BCUT2D eigenvalue weighted by molar-refractivity contribution is -0.384. The molecule has 0 bridgehead atoms. The van der Waals surface area contributed by atoms with Crippen LogP contribution in [0.4, 0.5) is 11.4 Å². The smallest absolute Gasteiger partial charge is 0.269 e. The van der Waals surface area contributed by atoms with Crippen molar-refractivity contribution < 1.29 is 18.1 Å². The number of halogens is 1. The number of nitro groups is 1. The molecule has 8 nitrogen and oxygen atoms in total. The highest BCUT2D eigenvalue weighted by Gasteiger charge is 2.24. The summed E-state index contributed by atoms with van der Waals surface area (Å²) in [6, 6.07) is 19.5. The van der Waals surface area contributed by atoms with Crippen LogP contribution in [0, 0.1) is 10.1 Å². The van der Waals surface area contributed by atoms with E-state index in [1.165, 1.54) is 36.4 Å². The van der Waals surface area contributed by atoms with Crippen molar-refractivity contribution in [1.29, 1.82) is 0 Å². The van der Waals surface area contributed by atoms with Gasteiger partial charge in [0.05, 0.1) is 15.9 Å².